The summed E-state index contributed by atoms with van der Waals surface area (Å²) < 4.78 is 30.1. The van der Waals surface area contributed by atoms with Crippen molar-refractivity contribution in [3.63, 3.8) is 0 Å². The molecule has 0 aliphatic carbocycles. The maximum absolute atomic E-state index is 13.0. The minimum atomic E-state index is 0.0262. The zero-order valence-corrected chi connectivity index (χ0v) is 23.8. The largest absolute Gasteiger partial charge is 0.497 e. The summed E-state index contributed by atoms with van der Waals surface area (Å²) in [6, 6.07) is 18.9. The molecule has 9 nitrogen and oxygen atoms in total. The Balaban J connectivity index is 1.22. The lowest BCUT2D eigenvalue weighted by Crippen LogP contribution is -2.05. The van der Waals surface area contributed by atoms with E-state index in [1.807, 2.05) is 61.5 Å². The van der Waals surface area contributed by atoms with Crippen molar-refractivity contribution in [1.82, 2.24) is 14.6 Å². The van der Waals surface area contributed by atoms with Crippen molar-refractivity contribution in [3.8, 4) is 33.9 Å². The molecular weight excluding hydrogens is 542 g/mol. The van der Waals surface area contributed by atoms with Crippen LogP contribution < -0.4 is 18.9 Å². The van der Waals surface area contributed by atoms with Gasteiger partial charge in [0.25, 0.3) is 5.19 Å². The van der Waals surface area contributed by atoms with E-state index >= 15 is 0 Å². The SMILES string of the molecule is COc1cc(C)cc(C(=O)Cc2cccc(COc3cc(OC)cc4oc(-c5cn6nc(OC)sc6n5)cc34)c2)c1. The zero-order chi connectivity index (χ0) is 28.5. The molecule has 0 bridgehead atoms. The van der Waals surface area contributed by atoms with Crippen molar-refractivity contribution in [2.75, 3.05) is 21.3 Å². The number of aromatic nitrogens is 3. The number of benzene rings is 3. The fourth-order valence-corrected chi connectivity index (χ4v) is 5.33. The van der Waals surface area contributed by atoms with Crippen molar-refractivity contribution in [3.05, 3.63) is 89.1 Å². The number of nitrogens with zero attached hydrogens (tertiary/aromatic N) is 3. The van der Waals surface area contributed by atoms with Crippen LogP contribution in [0.15, 0.2) is 71.3 Å². The van der Waals surface area contributed by atoms with Crippen LogP contribution in [0.4, 0.5) is 0 Å². The highest BCUT2D eigenvalue weighted by atomic mass is 32.1. The maximum atomic E-state index is 13.0. The Morgan fingerprint density at radius 3 is 2.54 bits per heavy atom. The topological polar surface area (TPSA) is 97.3 Å². The highest BCUT2D eigenvalue weighted by Gasteiger charge is 2.17. The number of Topliss-reactive ketones (excluding diaryl/α,β-unsaturated/α-hetero) is 1. The minimum Gasteiger partial charge on any atom is -0.497 e. The van der Waals surface area contributed by atoms with Crippen molar-refractivity contribution >= 4 is 33.1 Å². The molecule has 0 aliphatic heterocycles. The van der Waals surface area contributed by atoms with Gasteiger partial charge in [0.2, 0.25) is 4.96 Å². The fourth-order valence-electron chi connectivity index (χ4n) is 4.63. The number of ketones is 1. The number of fused-ring (bicyclic) bond motifs is 2. The molecule has 0 N–H and O–H groups in total. The zero-order valence-electron chi connectivity index (χ0n) is 23.0. The number of hydrogen-bond acceptors (Lipinski definition) is 9. The van der Waals surface area contributed by atoms with Gasteiger partial charge in [-0.15, -0.1) is 5.10 Å². The van der Waals surface area contributed by atoms with Crippen LogP contribution in [0.3, 0.4) is 0 Å². The van der Waals surface area contributed by atoms with Gasteiger partial charge in [-0.05, 0) is 59.2 Å². The monoisotopic (exact) mass is 569 g/mol. The van der Waals surface area contributed by atoms with E-state index in [0.717, 1.165) is 22.1 Å². The number of carbonyl (C=O) groups excluding carboxylic acids is 1. The summed E-state index contributed by atoms with van der Waals surface area (Å²) in [4.78, 5) is 18.3. The van der Waals surface area contributed by atoms with Gasteiger partial charge in [-0.25, -0.2) is 9.50 Å². The number of furan rings is 1. The highest BCUT2D eigenvalue weighted by molar-refractivity contribution is 7.18. The van der Waals surface area contributed by atoms with Crippen molar-refractivity contribution in [2.45, 2.75) is 20.0 Å². The van der Waals surface area contributed by atoms with Gasteiger partial charge >= 0.3 is 0 Å². The van der Waals surface area contributed by atoms with Crippen LogP contribution >= 0.6 is 11.3 Å². The molecule has 6 rings (SSSR count). The number of ether oxygens (including phenoxy) is 4. The van der Waals surface area contributed by atoms with E-state index in [2.05, 4.69) is 10.1 Å². The second-order valence-corrected chi connectivity index (χ2v) is 10.4. The summed E-state index contributed by atoms with van der Waals surface area (Å²) in [6.45, 7) is 2.25. The lowest BCUT2D eigenvalue weighted by molar-refractivity contribution is 0.0992. The van der Waals surface area contributed by atoms with E-state index in [9.17, 15) is 4.79 Å². The average molecular weight is 570 g/mol. The molecule has 3 heterocycles. The van der Waals surface area contributed by atoms with Crippen LogP contribution in [0.5, 0.6) is 22.4 Å². The summed E-state index contributed by atoms with van der Waals surface area (Å²) in [6.07, 6.45) is 2.07. The molecule has 0 spiro atoms. The van der Waals surface area contributed by atoms with Gasteiger partial charge < -0.3 is 23.4 Å². The number of rotatable bonds is 10. The highest BCUT2D eigenvalue weighted by Crippen LogP contribution is 2.37. The van der Waals surface area contributed by atoms with Gasteiger partial charge in [-0.1, -0.05) is 24.3 Å². The number of methoxy groups -OCH3 is 3. The van der Waals surface area contributed by atoms with Crippen LogP contribution in [0.25, 0.3) is 27.4 Å². The molecule has 0 radical (unpaired) electrons. The van der Waals surface area contributed by atoms with Crippen molar-refractivity contribution in [1.29, 1.82) is 0 Å². The minimum absolute atomic E-state index is 0.0262. The van der Waals surface area contributed by atoms with Gasteiger partial charge in [0, 0.05) is 24.1 Å². The summed E-state index contributed by atoms with van der Waals surface area (Å²) in [7, 11) is 4.77. The first-order valence-electron chi connectivity index (χ1n) is 12.8. The van der Waals surface area contributed by atoms with Gasteiger partial charge in [-0.3, -0.25) is 4.79 Å². The summed E-state index contributed by atoms with van der Waals surface area (Å²) in [5.41, 5.74) is 4.71. The first-order valence-corrected chi connectivity index (χ1v) is 13.7. The van der Waals surface area contributed by atoms with Crippen LogP contribution in [-0.2, 0) is 13.0 Å². The summed E-state index contributed by atoms with van der Waals surface area (Å²) >= 11 is 1.35. The third kappa shape index (κ3) is 5.46. The van der Waals surface area contributed by atoms with Gasteiger partial charge in [0.1, 0.15) is 35.1 Å². The van der Waals surface area contributed by atoms with Crippen molar-refractivity contribution < 1.29 is 28.2 Å². The molecule has 3 aromatic carbocycles. The molecule has 0 fully saturated rings. The van der Waals surface area contributed by atoms with Crippen LogP contribution in [-0.4, -0.2) is 41.7 Å². The van der Waals surface area contributed by atoms with E-state index in [1.165, 1.54) is 11.3 Å². The third-order valence-electron chi connectivity index (χ3n) is 6.62. The molecule has 0 unspecified atom stereocenters. The maximum Gasteiger partial charge on any atom is 0.294 e. The Kier molecular flexibility index (Phi) is 7.07. The molecule has 0 saturated heterocycles. The second kappa shape index (κ2) is 11.0. The third-order valence-corrected chi connectivity index (χ3v) is 7.50. The molecule has 41 heavy (non-hydrogen) atoms. The molecule has 10 heteroatoms. The van der Waals surface area contributed by atoms with Gasteiger partial charge in [0.15, 0.2) is 11.5 Å². The van der Waals surface area contributed by atoms with E-state index in [1.54, 1.807) is 38.1 Å². The van der Waals surface area contributed by atoms with Gasteiger partial charge in [0.05, 0.1) is 32.9 Å². The van der Waals surface area contributed by atoms with Crippen LogP contribution in [0.1, 0.15) is 27.0 Å². The summed E-state index contributed by atoms with van der Waals surface area (Å²) in [5.74, 6) is 2.51. The fraction of sp³-hybridized carbons (Fsp3) is 0.194. The van der Waals surface area contributed by atoms with Crippen LogP contribution in [0.2, 0.25) is 0 Å². The Hall–Kier alpha value is -4.83. The predicted molar refractivity (Wildman–Crippen MR) is 156 cm³/mol. The van der Waals surface area contributed by atoms with Crippen LogP contribution in [0, 0.1) is 6.92 Å². The normalized spacial score (nSPS) is 11.2. The molecule has 208 valence electrons. The number of carbonyl (C=O) groups is 1. The number of aryl methyl sites for hydroxylation is 1. The predicted octanol–water partition coefficient (Wildman–Crippen LogP) is 6.54. The van der Waals surface area contributed by atoms with E-state index in [4.69, 9.17) is 23.4 Å². The standard InChI is InChI=1S/C31H27N3O6S/c1-18-8-21(12-22(9-18)36-2)26(35)11-19-6-5-7-20(10-19)17-39-27-13-23(37-3)14-28-24(27)15-29(40-28)25-16-34-30(32-25)41-31(33-34)38-4/h5-10,12-16H,11,17H2,1-4H3. The second-order valence-electron chi connectivity index (χ2n) is 9.52. The molecule has 0 amide bonds. The first kappa shape index (κ1) is 26.4. The summed E-state index contributed by atoms with van der Waals surface area (Å²) in [5, 5.41) is 5.66. The van der Waals surface area contributed by atoms with E-state index in [0.29, 0.717) is 56.6 Å². The molecule has 0 aliphatic rings. The van der Waals surface area contributed by atoms with E-state index < -0.39 is 0 Å². The molecule has 0 atom stereocenters. The Morgan fingerprint density at radius 2 is 1.76 bits per heavy atom. The Labute approximate surface area is 239 Å². The first-order chi connectivity index (χ1) is 19.9. The Morgan fingerprint density at radius 1 is 0.951 bits per heavy atom. The van der Waals surface area contributed by atoms with Gasteiger partial charge in [-0.2, -0.15) is 0 Å². The smallest absolute Gasteiger partial charge is 0.294 e. The quantitative estimate of drug-likeness (QED) is 0.172. The Bertz CT molecular complexity index is 1850. The average Bonchev–Trinajstić information content (AvgIpc) is 3.68. The molecule has 0 saturated carbocycles. The van der Waals surface area contributed by atoms with Crippen molar-refractivity contribution in [2.24, 2.45) is 0 Å². The molecular formula is C31H27N3O6S. The molecule has 6 aromatic rings. The number of imidazole rings is 1. The molecule has 3 aromatic heterocycles. The lowest BCUT2D eigenvalue weighted by atomic mass is 10.00. The lowest BCUT2D eigenvalue weighted by Gasteiger charge is -2.11. The number of hydrogen-bond donors (Lipinski definition) is 0. The van der Waals surface area contributed by atoms with E-state index in [-0.39, 0.29) is 12.2 Å².